The monoisotopic (exact) mass is 298 g/mol. The topological polar surface area (TPSA) is 58.2 Å². The number of rotatable bonds is 9. The van der Waals surface area contributed by atoms with Crippen molar-refractivity contribution in [3.8, 4) is 0 Å². The van der Waals surface area contributed by atoms with Gasteiger partial charge in [-0.25, -0.2) is 13.1 Å². The van der Waals surface area contributed by atoms with Gasteiger partial charge >= 0.3 is 0 Å². The molecule has 0 saturated heterocycles. The third-order valence-electron chi connectivity index (χ3n) is 3.35. The Balaban J connectivity index is 2.58. The van der Waals surface area contributed by atoms with Crippen LogP contribution in [-0.4, -0.2) is 26.8 Å². The molecule has 1 unspecified atom stereocenters. The first kappa shape index (κ1) is 17.1. The van der Waals surface area contributed by atoms with Gasteiger partial charge < -0.3 is 5.32 Å². The van der Waals surface area contributed by atoms with Gasteiger partial charge in [0.1, 0.15) is 0 Å². The maximum Gasteiger partial charge on any atom is 0.215 e. The Morgan fingerprint density at radius 1 is 1.15 bits per heavy atom. The maximum atomic E-state index is 12.1. The van der Waals surface area contributed by atoms with Crippen LogP contribution in [0.1, 0.15) is 38.3 Å². The molecule has 0 aromatic heterocycles. The molecular formula is C15H26N2O2S. The molecule has 0 radical (unpaired) electrons. The van der Waals surface area contributed by atoms with E-state index in [0.29, 0.717) is 13.1 Å². The highest BCUT2D eigenvalue weighted by Crippen LogP contribution is 2.10. The largest absolute Gasteiger partial charge is 0.315 e. The average Bonchev–Trinajstić information content (AvgIpc) is 2.45. The van der Waals surface area contributed by atoms with Crippen LogP contribution in [0.15, 0.2) is 24.3 Å². The number of benzene rings is 1. The summed E-state index contributed by atoms with van der Waals surface area (Å²) in [6, 6.07) is 7.93. The van der Waals surface area contributed by atoms with Crippen molar-refractivity contribution in [2.45, 2.75) is 45.4 Å². The summed E-state index contributed by atoms with van der Waals surface area (Å²) in [6.45, 7) is 7.56. The van der Waals surface area contributed by atoms with Crippen molar-refractivity contribution >= 4 is 10.0 Å². The Labute approximate surface area is 123 Å². The molecule has 0 aliphatic rings. The first-order chi connectivity index (χ1) is 9.51. The molecule has 4 nitrogen and oxygen atoms in total. The molecule has 2 N–H and O–H groups in total. The average molecular weight is 298 g/mol. The fraction of sp³-hybridized carbons (Fsp3) is 0.600. The molecule has 0 spiro atoms. The Morgan fingerprint density at radius 3 is 2.40 bits per heavy atom. The van der Waals surface area contributed by atoms with E-state index in [-0.39, 0.29) is 0 Å². The van der Waals surface area contributed by atoms with Crippen molar-refractivity contribution in [3.05, 3.63) is 35.4 Å². The number of nitrogens with one attached hydrogen (secondary N) is 2. The summed E-state index contributed by atoms with van der Waals surface area (Å²) < 4.78 is 27.0. The summed E-state index contributed by atoms with van der Waals surface area (Å²) in [5, 5.41) is 2.71. The summed E-state index contributed by atoms with van der Waals surface area (Å²) >= 11 is 0. The van der Waals surface area contributed by atoms with Crippen LogP contribution in [0, 0.1) is 0 Å². The highest BCUT2D eigenvalue weighted by molar-refractivity contribution is 7.90. The van der Waals surface area contributed by atoms with Gasteiger partial charge in [-0.1, -0.05) is 38.1 Å². The smallest absolute Gasteiger partial charge is 0.215 e. The minimum absolute atomic E-state index is 0.366. The molecule has 5 heteroatoms. The number of hydrogen-bond donors (Lipinski definition) is 2. The third kappa shape index (κ3) is 5.23. The third-order valence-corrected chi connectivity index (χ3v) is 5.12. The van der Waals surface area contributed by atoms with Gasteiger partial charge in [-0.3, -0.25) is 0 Å². The van der Waals surface area contributed by atoms with Crippen LogP contribution < -0.4 is 10.0 Å². The lowest BCUT2D eigenvalue weighted by Gasteiger charge is -2.15. The van der Waals surface area contributed by atoms with Gasteiger partial charge in [0.05, 0.1) is 5.25 Å². The summed E-state index contributed by atoms with van der Waals surface area (Å²) in [7, 11) is -3.28. The Morgan fingerprint density at radius 2 is 1.80 bits per heavy atom. The van der Waals surface area contributed by atoms with Crippen molar-refractivity contribution in [2.24, 2.45) is 0 Å². The maximum absolute atomic E-state index is 12.1. The quantitative estimate of drug-likeness (QED) is 0.686. The zero-order valence-electron chi connectivity index (χ0n) is 12.6. The minimum atomic E-state index is -3.28. The first-order valence-corrected chi connectivity index (χ1v) is 8.81. The molecular weight excluding hydrogens is 272 g/mol. The van der Waals surface area contributed by atoms with Gasteiger partial charge in [-0.15, -0.1) is 0 Å². The van der Waals surface area contributed by atoms with E-state index >= 15 is 0 Å². The van der Waals surface area contributed by atoms with Crippen molar-refractivity contribution < 1.29 is 8.42 Å². The van der Waals surface area contributed by atoms with Crippen LogP contribution in [0.2, 0.25) is 0 Å². The summed E-state index contributed by atoms with van der Waals surface area (Å²) in [4.78, 5) is 0. The molecule has 1 aromatic rings. The minimum Gasteiger partial charge on any atom is -0.315 e. The van der Waals surface area contributed by atoms with E-state index in [1.807, 2.05) is 24.3 Å². The van der Waals surface area contributed by atoms with Gasteiger partial charge in [0, 0.05) is 13.1 Å². The fourth-order valence-corrected chi connectivity index (χ4v) is 2.97. The highest BCUT2D eigenvalue weighted by atomic mass is 32.2. The predicted octanol–water partition coefficient (Wildman–Crippen LogP) is 2.06. The molecule has 1 atom stereocenters. The second-order valence-electron chi connectivity index (χ2n) is 5.00. The van der Waals surface area contributed by atoms with E-state index in [1.54, 1.807) is 6.92 Å². The Bertz CT molecular complexity index is 500. The molecule has 0 aliphatic carbocycles. The standard InChI is InChI=1S/C15H26N2O2S/c1-4-10-16-11-13(3)20(18,19)17-12-15-9-7-6-8-14(15)5-2/h6-9,13,16-17H,4-5,10-12H2,1-3H3. The lowest BCUT2D eigenvalue weighted by Crippen LogP contribution is -2.39. The summed E-state index contributed by atoms with van der Waals surface area (Å²) in [6.07, 6.45) is 1.91. The van der Waals surface area contributed by atoms with E-state index in [1.165, 1.54) is 5.56 Å². The molecule has 0 fully saturated rings. The van der Waals surface area contributed by atoms with Gasteiger partial charge in [0.15, 0.2) is 0 Å². The second kappa shape index (κ2) is 8.39. The molecule has 0 heterocycles. The van der Waals surface area contributed by atoms with Crippen LogP contribution >= 0.6 is 0 Å². The van der Waals surface area contributed by atoms with Crippen LogP contribution in [0.4, 0.5) is 0 Å². The van der Waals surface area contributed by atoms with Crippen molar-refractivity contribution in [1.29, 1.82) is 0 Å². The Kier molecular flexibility index (Phi) is 7.19. The van der Waals surface area contributed by atoms with Crippen LogP contribution in [0.25, 0.3) is 0 Å². The van der Waals surface area contributed by atoms with Crippen LogP contribution in [-0.2, 0) is 23.0 Å². The lowest BCUT2D eigenvalue weighted by atomic mass is 10.1. The van der Waals surface area contributed by atoms with Crippen molar-refractivity contribution in [3.63, 3.8) is 0 Å². The van der Waals surface area contributed by atoms with Crippen LogP contribution in [0.3, 0.4) is 0 Å². The molecule has 1 rings (SSSR count). The molecule has 1 aromatic carbocycles. The second-order valence-corrected chi connectivity index (χ2v) is 7.19. The van der Waals surface area contributed by atoms with Gasteiger partial charge in [-0.05, 0) is 37.4 Å². The van der Waals surface area contributed by atoms with E-state index < -0.39 is 15.3 Å². The zero-order valence-corrected chi connectivity index (χ0v) is 13.5. The highest BCUT2D eigenvalue weighted by Gasteiger charge is 2.19. The molecule has 0 aliphatic heterocycles. The summed E-state index contributed by atoms with van der Waals surface area (Å²) in [5.41, 5.74) is 2.24. The lowest BCUT2D eigenvalue weighted by molar-refractivity contribution is 0.556. The molecule has 0 amide bonds. The van der Waals surface area contributed by atoms with Crippen LogP contribution in [0.5, 0.6) is 0 Å². The summed E-state index contributed by atoms with van der Waals surface area (Å²) in [5.74, 6) is 0. The predicted molar refractivity (Wildman–Crippen MR) is 84.2 cm³/mol. The van der Waals surface area contributed by atoms with Gasteiger partial charge in [0.2, 0.25) is 10.0 Å². The molecule has 114 valence electrons. The molecule has 0 bridgehead atoms. The number of aryl methyl sites for hydroxylation is 1. The molecule has 20 heavy (non-hydrogen) atoms. The van der Waals surface area contributed by atoms with Gasteiger partial charge in [0.25, 0.3) is 0 Å². The van der Waals surface area contributed by atoms with E-state index in [9.17, 15) is 8.42 Å². The van der Waals surface area contributed by atoms with E-state index in [0.717, 1.165) is 24.9 Å². The SMILES string of the molecule is CCCNCC(C)S(=O)(=O)NCc1ccccc1CC. The van der Waals surface area contributed by atoms with E-state index in [4.69, 9.17) is 0 Å². The first-order valence-electron chi connectivity index (χ1n) is 7.27. The van der Waals surface area contributed by atoms with Gasteiger partial charge in [-0.2, -0.15) is 0 Å². The van der Waals surface area contributed by atoms with Crippen molar-refractivity contribution in [1.82, 2.24) is 10.0 Å². The number of hydrogen-bond acceptors (Lipinski definition) is 3. The van der Waals surface area contributed by atoms with E-state index in [2.05, 4.69) is 23.9 Å². The normalized spacial score (nSPS) is 13.3. The molecule has 0 saturated carbocycles. The number of sulfonamides is 1. The zero-order chi connectivity index (χ0) is 15.0. The fourth-order valence-electron chi connectivity index (χ4n) is 1.99. The Hall–Kier alpha value is -0.910. The van der Waals surface area contributed by atoms with Crippen molar-refractivity contribution in [2.75, 3.05) is 13.1 Å².